The lowest BCUT2D eigenvalue weighted by molar-refractivity contribution is -0.118. The van der Waals surface area contributed by atoms with E-state index in [0.717, 1.165) is 31.2 Å². The van der Waals surface area contributed by atoms with E-state index >= 15 is 0 Å². The summed E-state index contributed by atoms with van der Waals surface area (Å²) in [6.07, 6.45) is 5.07. The van der Waals surface area contributed by atoms with Gasteiger partial charge in [-0.2, -0.15) is 4.98 Å². The molecule has 1 aliphatic carbocycles. The van der Waals surface area contributed by atoms with Gasteiger partial charge in [0.1, 0.15) is 12.4 Å². The Kier molecular flexibility index (Phi) is 6.70. The minimum Gasteiger partial charge on any atom is -0.496 e. The number of rotatable bonds is 7. The number of hydrogen-bond acceptors (Lipinski definition) is 6. The van der Waals surface area contributed by atoms with Gasteiger partial charge in [0.2, 0.25) is 5.91 Å². The number of ether oxygens (including phenoxy) is 2. The van der Waals surface area contributed by atoms with E-state index in [-0.39, 0.29) is 23.9 Å². The van der Waals surface area contributed by atoms with Crippen LogP contribution in [0.2, 0.25) is 0 Å². The highest BCUT2D eigenvalue weighted by Gasteiger charge is 2.25. The Labute approximate surface area is 177 Å². The third-order valence-electron chi connectivity index (χ3n) is 5.25. The zero-order valence-corrected chi connectivity index (χ0v) is 18.7. The first kappa shape index (κ1) is 22.1. The van der Waals surface area contributed by atoms with Gasteiger partial charge < -0.3 is 14.8 Å². The molecular formula is C21H29N3O5S. The van der Waals surface area contributed by atoms with E-state index in [2.05, 4.69) is 10.3 Å². The molecule has 0 saturated heterocycles. The second-order valence-electron chi connectivity index (χ2n) is 7.64. The first-order chi connectivity index (χ1) is 14.2. The minimum atomic E-state index is -3.27. The molecular weight excluding hydrogens is 406 g/mol. The number of carbonyl (C=O) groups is 1. The van der Waals surface area contributed by atoms with Crippen molar-refractivity contribution < 1.29 is 22.7 Å². The number of benzene rings is 1. The molecule has 8 nitrogen and oxygen atoms in total. The van der Waals surface area contributed by atoms with Gasteiger partial charge in [-0.25, -0.2) is 8.42 Å². The number of amides is 1. The van der Waals surface area contributed by atoms with Gasteiger partial charge in [-0.3, -0.25) is 9.36 Å². The van der Waals surface area contributed by atoms with E-state index < -0.39 is 9.84 Å². The van der Waals surface area contributed by atoms with E-state index in [0.29, 0.717) is 22.1 Å². The zero-order valence-electron chi connectivity index (χ0n) is 17.8. The molecule has 0 atom stereocenters. The van der Waals surface area contributed by atoms with Crippen molar-refractivity contribution >= 4 is 26.8 Å². The van der Waals surface area contributed by atoms with Crippen molar-refractivity contribution in [3.05, 3.63) is 30.2 Å². The molecule has 1 saturated carbocycles. The number of nitrogens with zero attached hydrogens (tertiary/aromatic N) is 2. The van der Waals surface area contributed by atoms with Gasteiger partial charge in [-0.1, -0.05) is 6.92 Å². The minimum absolute atomic E-state index is 0.0274. The molecule has 30 heavy (non-hydrogen) atoms. The smallest absolute Gasteiger partial charge is 0.297 e. The molecule has 0 spiro atoms. The Bertz CT molecular complexity index is 1050. The van der Waals surface area contributed by atoms with Crippen molar-refractivity contribution in [2.75, 3.05) is 5.75 Å². The Morgan fingerprint density at radius 1 is 1.23 bits per heavy atom. The Hall–Kier alpha value is -2.55. The molecule has 1 aromatic heterocycles. The second-order valence-corrected chi connectivity index (χ2v) is 9.92. The highest BCUT2D eigenvalue weighted by Crippen LogP contribution is 2.28. The van der Waals surface area contributed by atoms with Crippen molar-refractivity contribution in [2.45, 2.75) is 63.6 Å². The monoisotopic (exact) mass is 435 g/mol. The first-order valence-electron chi connectivity index (χ1n) is 10.1. The molecule has 164 valence electrons. The van der Waals surface area contributed by atoms with Crippen molar-refractivity contribution in [3.8, 4) is 6.01 Å². The van der Waals surface area contributed by atoms with E-state index in [4.69, 9.17) is 9.47 Å². The van der Waals surface area contributed by atoms with Crippen LogP contribution in [-0.4, -0.2) is 41.8 Å². The molecule has 0 bridgehead atoms. The maximum Gasteiger partial charge on any atom is 0.297 e. The van der Waals surface area contributed by atoms with Gasteiger partial charge in [-0.15, -0.1) is 0 Å². The van der Waals surface area contributed by atoms with Gasteiger partial charge >= 0.3 is 0 Å². The summed E-state index contributed by atoms with van der Waals surface area (Å²) < 4.78 is 38.0. The molecule has 0 radical (unpaired) electrons. The third-order valence-corrected chi connectivity index (χ3v) is 6.99. The van der Waals surface area contributed by atoms with Crippen LogP contribution in [0, 0.1) is 0 Å². The fourth-order valence-corrected chi connectivity index (χ4v) is 4.45. The van der Waals surface area contributed by atoms with E-state index in [1.807, 2.05) is 7.05 Å². The molecule has 9 heteroatoms. The summed E-state index contributed by atoms with van der Waals surface area (Å²) in [7, 11) is -1.44. The molecule has 1 heterocycles. The van der Waals surface area contributed by atoms with Crippen LogP contribution in [0.5, 0.6) is 6.01 Å². The Morgan fingerprint density at radius 2 is 1.90 bits per heavy atom. The number of allylic oxidation sites excluding steroid dienone is 1. The number of carbonyl (C=O) groups excluding carboxylic acids is 1. The average Bonchev–Trinajstić information content (AvgIpc) is 3.02. The number of nitrogens with one attached hydrogen (secondary N) is 1. The molecule has 0 unspecified atom stereocenters. The molecule has 1 N–H and O–H groups in total. The molecule has 1 aliphatic rings. The largest absolute Gasteiger partial charge is 0.496 e. The van der Waals surface area contributed by atoms with Crippen LogP contribution in [-0.2, 0) is 26.4 Å². The van der Waals surface area contributed by atoms with Crippen LogP contribution in [0.1, 0.15) is 46.5 Å². The highest BCUT2D eigenvalue weighted by atomic mass is 32.2. The summed E-state index contributed by atoms with van der Waals surface area (Å²) in [6.45, 7) is 4.89. The predicted octanol–water partition coefficient (Wildman–Crippen LogP) is 3.07. The first-order valence-corrected chi connectivity index (χ1v) is 11.8. The van der Waals surface area contributed by atoms with Crippen LogP contribution in [0.25, 0.3) is 11.0 Å². The normalized spacial score (nSPS) is 20.2. The van der Waals surface area contributed by atoms with E-state index in [1.165, 1.54) is 6.92 Å². The van der Waals surface area contributed by atoms with Crippen LogP contribution in [0.4, 0.5) is 0 Å². The SMILES string of the molecule is CCS(=O)(=O)c1ccc2nc(OC3CCC(O/C=C(\C)NC(C)=O)CC3)n(C)c2c1. The van der Waals surface area contributed by atoms with E-state index in [9.17, 15) is 13.2 Å². The van der Waals surface area contributed by atoms with Crippen molar-refractivity contribution in [2.24, 2.45) is 7.05 Å². The lowest BCUT2D eigenvalue weighted by Crippen LogP contribution is -2.28. The number of fused-ring (bicyclic) bond motifs is 1. The quantitative estimate of drug-likeness (QED) is 0.671. The number of aromatic nitrogens is 2. The average molecular weight is 436 g/mol. The molecule has 2 aromatic rings. The summed E-state index contributed by atoms with van der Waals surface area (Å²) in [6, 6.07) is 5.46. The fourth-order valence-electron chi connectivity index (χ4n) is 3.55. The van der Waals surface area contributed by atoms with Gasteiger partial charge in [-0.05, 0) is 50.8 Å². The van der Waals surface area contributed by atoms with Crippen LogP contribution < -0.4 is 10.1 Å². The fraction of sp³-hybridized carbons (Fsp3) is 0.524. The predicted molar refractivity (Wildman–Crippen MR) is 114 cm³/mol. The highest BCUT2D eigenvalue weighted by molar-refractivity contribution is 7.91. The second kappa shape index (κ2) is 9.07. The van der Waals surface area contributed by atoms with E-state index in [1.54, 1.807) is 42.9 Å². The van der Waals surface area contributed by atoms with Gasteiger partial charge in [0.15, 0.2) is 9.84 Å². The zero-order chi connectivity index (χ0) is 21.9. The lowest BCUT2D eigenvalue weighted by Gasteiger charge is -2.28. The number of sulfone groups is 1. The van der Waals surface area contributed by atoms with Gasteiger partial charge in [0, 0.05) is 19.7 Å². The number of imidazole rings is 1. The lowest BCUT2D eigenvalue weighted by atomic mass is 9.95. The number of aryl methyl sites for hydroxylation is 1. The molecule has 0 aliphatic heterocycles. The summed E-state index contributed by atoms with van der Waals surface area (Å²) in [4.78, 5) is 15.9. The Balaban J connectivity index is 1.62. The molecule has 1 fully saturated rings. The standard InChI is InChI=1S/C21H29N3O5S/c1-5-30(26,27)18-10-11-19-20(12-18)24(4)21(23-19)29-17-8-6-16(7-9-17)28-13-14(2)22-15(3)25/h10-13,16-17H,5-9H2,1-4H3,(H,22,25)/b14-13+. The summed E-state index contributed by atoms with van der Waals surface area (Å²) >= 11 is 0. The summed E-state index contributed by atoms with van der Waals surface area (Å²) in [5.41, 5.74) is 2.12. The number of hydrogen-bond donors (Lipinski definition) is 1. The van der Waals surface area contributed by atoms with Gasteiger partial charge in [0.25, 0.3) is 6.01 Å². The molecule has 3 rings (SSSR count). The van der Waals surface area contributed by atoms with Crippen molar-refractivity contribution in [3.63, 3.8) is 0 Å². The van der Waals surface area contributed by atoms with Crippen molar-refractivity contribution in [1.29, 1.82) is 0 Å². The third kappa shape index (κ3) is 5.13. The van der Waals surface area contributed by atoms with Crippen molar-refractivity contribution in [1.82, 2.24) is 14.9 Å². The van der Waals surface area contributed by atoms with Crippen LogP contribution >= 0.6 is 0 Å². The summed E-state index contributed by atoms with van der Waals surface area (Å²) in [5.74, 6) is -0.0591. The maximum absolute atomic E-state index is 12.2. The maximum atomic E-state index is 12.2. The summed E-state index contributed by atoms with van der Waals surface area (Å²) in [5, 5.41) is 2.68. The van der Waals surface area contributed by atoms with Crippen LogP contribution in [0.15, 0.2) is 35.1 Å². The van der Waals surface area contributed by atoms with Crippen LogP contribution in [0.3, 0.4) is 0 Å². The van der Waals surface area contributed by atoms with Gasteiger partial charge in [0.05, 0.1) is 27.8 Å². The topological polar surface area (TPSA) is 99.5 Å². The molecule has 1 amide bonds. The Morgan fingerprint density at radius 3 is 2.53 bits per heavy atom. The molecule has 1 aromatic carbocycles.